The van der Waals surface area contributed by atoms with Gasteiger partial charge in [-0.1, -0.05) is 13.8 Å². The first kappa shape index (κ1) is 17.4. The second kappa shape index (κ2) is 7.40. The van der Waals surface area contributed by atoms with Crippen LogP contribution in [-0.2, 0) is 14.4 Å². The highest BCUT2D eigenvalue weighted by atomic mass is 16.2. The molecule has 7 nitrogen and oxygen atoms in total. The molecule has 1 aliphatic heterocycles. The Hall–Kier alpha value is -1.63. The van der Waals surface area contributed by atoms with Gasteiger partial charge in [0.05, 0.1) is 12.1 Å². The molecule has 1 aliphatic rings. The Morgan fingerprint density at radius 3 is 2.48 bits per heavy atom. The molecule has 0 aromatic heterocycles. The third-order valence-electron chi connectivity index (χ3n) is 3.64. The molecule has 0 saturated carbocycles. The van der Waals surface area contributed by atoms with Crippen LogP contribution in [0.15, 0.2) is 0 Å². The topological polar surface area (TPSA) is 113 Å². The van der Waals surface area contributed by atoms with Gasteiger partial charge in [-0.25, -0.2) is 0 Å². The van der Waals surface area contributed by atoms with Crippen LogP contribution >= 0.6 is 0 Å². The van der Waals surface area contributed by atoms with Crippen LogP contribution in [0, 0.1) is 5.92 Å². The number of hydrogen-bond acceptors (Lipinski definition) is 4. The molecule has 1 saturated heterocycles. The van der Waals surface area contributed by atoms with Gasteiger partial charge in [-0.15, -0.1) is 0 Å². The van der Waals surface area contributed by atoms with Crippen LogP contribution in [0.1, 0.15) is 40.0 Å². The first-order valence-electron chi connectivity index (χ1n) is 7.36. The number of hydrogen-bond donors (Lipinski definition) is 4. The summed E-state index contributed by atoms with van der Waals surface area (Å²) >= 11 is 0. The van der Waals surface area contributed by atoms with E-state index < -0.39 is 17.5 Å². The molecule has 0 unspecified atom stereocenters. The summed E-state index contributed by atoms with van der Waals surface area (Å²) in [6, 6.07) is -0.656. The van der Waals surface area contributed by atoms with Gasteiger partial charge in [0.25, 0.3) is 0 Å². The minimum atomic E-state index is -0.656. The molecule has 120 valence electrons. The highest BCUT2D eigenvalue weighted by Crippen LogP contribution is 2.19. The maximum atomic E-state index is 12.4. The van der Waals surface area contributed by atoms with Crippen molar-refractivity contribution in [1.29, 1.82) is 0 Å². The van der Waals surface area contributed by atoms with Gasteiger partial charge in [-0.2, -0.15) is 0 Å². The zero-order valence-corrected chi connectivity index (χ0v) is 13.0. The minimum absolute atomic E-state index is 0.181. The van der Waals surface area contributed by atoms with Gasteiger partial charge in [0.2, 0.25) is 17.7 Å². The molecule has 0 aliphatic carbocycles. The van der Waals surface area contributed by atoms with E-state index in [1.54, 1.807) is 0 Å². The number of rotatable bonds is 7. The van der Waals surface area contributed by atoms with E-state index in [0.717, 1.165) is 19.4 Å². The molecule has 0 bridgehead atoms. The van der Waals surface area contributed by atoms with Crippen molar-refractivity contribution in [2.75, 3.05) is 13.1 Å². The quantitative estimate of drug-likeness (QED) is 0.496. The monoisotopic (exact) mass is 298 g/mol. The van der Waals surface area contributed by atoms with Crippen LogP contribution in [0.4, 0.5) is 0 Å². The average Bonchev–Trinajstić information content (AvgIpc) is 2.82. The third-order valence-corrected chi connectivity index (χ3v) is 3.64. The zero-order valence-electron chi connectivity index (χ0n) is 13.0. The number of carbonyl (C=O) groups excluding carboxylic acids is 3. The molecule has 3 amide bonds. The van der Waals surface area contributed by atoms with Gasteiger partial charge in [-0.3, -0.25) is 14.4 Å². The standard InChI is InChI=1S/C14H26N4O3/c1-9(2)7-10(12(20)16-8-11(15)19)18-13(21)14(3)5-4-6-17-14/h9-10,17H,4-8H2,1-3H3,(H2,15,19)(H,16,20)(H,18,21)/t10-,14-/m0/s1. The fraction of sp³-hybridized carbons (Fsp3) is 0.786. The lowest BCUT2D eigenvalue weighted by Crippen LogP contribution is -2.57. The molecule has 0 spiro atoms. The van der Waals surface area contributed by atoms with E-state index in [1.165, 1.54) is 0 Å². The lowest BCUT2D eigenvalue weighted by Gasteiger charge is -2.27. The average molecular weight is 298 g/mol. The Kier molecular flexibility index (Phi) is 6.14. The van der Waals surface area contributed by atoms with Gasteiger partial charge < -0.3 is 21.7 Å². The second-order valence-electron chi connectivity index (χ2n) is 6.20. The van der Waals surface area contributed by atoms with Crippen molar-refractivity contribution in [3.63, 3.8) is 0 Å². The van der Waals surface area contributed by atoms with E-state index in [2.05, 4.69) is 16.0 Å². The molecule has 0 aromatic carbocycles. The summed E-state index contributed by atoms with van der Waals surface area (Å²) in [7, 11) is 0. The molecule has 0 radical (unpaired) electrons. The van der Waals surface area contributed by atoms with Gasteiger partial charge in [0.15, 0.2) is 0 Å². The molecular weight excluding hydrogens is 272 g/mol. The number of nitrogens with two attached hydrogens (primary N) is 1. The van der Waals surface area contributed by atoms with Crippen molar-refractivity contribution in [3.8, 4) is 0 Å². The predicted molar refractivity (Wildman–Crippen MR) is 79.2 cm³/mol. The third kappa shape index (κ3) is 5.34. The van der Waals surface area contributed by atoms with Crippen molar-refractivity contribution < 1.29 is 14.4 Å². The van der Waals surface area contributed by atoms with Crippen LogP contribution in [0.25, 0.3) is 0 Å². The smallest absolute Gasteiger partial charge is 0.243 e. The van der Waals surface area contributed by atoms with Gasteiger partial charge in [-0.05, 0) is 38.6 Å². The maximum Gasteiger partial charge on any atom is 0.243 e. The highest BCUT2D eigenvalue weighted by molar-refractivity contribution is 5.93. The summed E-state index contributed by atoms with van der Waals surface area (Å²) in [4.78, 5) is 35.2. The van der Waals surface area contributed by atoms with E-state index >= 15 is 0 Å². The Labute approximate surface area is 125 Å². The van der Waals surface area contributed by atoms with Gasteiger partial charge >= 0.3 is 0 Å². The molecule has 1 rings (SSSR count). The van der Waals surface area contributed by atoms with Crippen molar-refractivity contribution in [3.05, 3.63) is 0 Å². The lowest BCUT2D eigenvalue weighted by molar-refractivity contribution is -0.132. The fourth-order valence-corrected chi connectivity index (χ4v) is 2.41. The maximum absolute atomic E-state index is 12.4. The van der Waals surface area contributed by atoms with E-state index in [1.807, 2.05) is 20.8 Å². The number of nitrogens with one attached hydrogen (secondary N) is 3. The largest absolute Gasteiger partial charge is 0.368 e. The van der Waals surface area contributed by atoms with Crippen molar-refractivity contribution >= 4 is 17.7 Å². The minimum Gasteiger partial charge on any atom is -0.368 e. The van der Waals surface area contributed by atoms with Gasteiger partial charge in [0, 0.05) is 0 Å². The van der Waals surface area contributed by atoms with E-state index in [-0.39, 0.29) is 24.3 Å². The van der Waals surface area contributed by atoms with Crippen LogP contribution in [0.3, 0.4) is 0 Å². The Morgan fingerprint density at radius 1 is 1.33 bits per heavy atom. The van der Waals surface area contributed by atoms with Crippen LogP contribution in [-0.4, -0.2) is 42.4 Å². The number of amides is 3. The molecule has 1 fully saturated rings. The molecule has 7 heteroatoms. The molecule has 2 atom stereocenters. The summed E-state index contributed by atoms with van der Waals surface area (Å²) in [6.45, 7) is 6.35. The van der Waals surface area contributed by atoms with Crippen molar-refractivity contribution in [2.45, 2.75) is 51.6 Å². The fourth-order valence-electron chi connectivity index (χ4n) is 2.41. The SMILES string of the molecule is CC(C)C[C@H](NC(=O)[C@]1(C)CCCN1)C(=O)NCC(N)=O. The Bertz CT molecular complexity index is 403. The molecule has 5 N–H and O–H groups in total. The number of carbonyl (C=O) groups is 3. The normalized spacial score (nSPS) is 22.9. The Balaban J connectivity index is 2.66. The van der Waals surface area contributed by atoms with E-state index in [0.29, 0.717) is 6.42 Å². The molecule has 0 aromatic rings. The van der Waals surface area contributed by atoms with Crippen LogP contribution in [0.2, 0.25) is 0 Å². The summed E-state index contributed by atoms with van der Waals surface area (Å²) in [5.74, 6) is -0.932. The van der Waals surface area contributed by atoms with E-state index in [4.69, 9.17) is 5.73 Å². The summed E-state index contributed by atoms with van der Waals surface area (Å²) in [5, 5.41) is 8.40. The predicted octanol–water partition coefficient (Wildman–Crippen LogP) is -0.739. The summed E-state index contributed by atoms with van der Waals surface area (Å²) in [5.41, 5.74) is 4.39. The Morgan fingerprint density at radius 2 is 2.00 bits per heavy atom. The van der Waals surface area contributed by atoms with E-state index in [9.17, 15) is 14.4 Å². The first-order valence-corrected chi connectivity index (χ1v) is 7.36. The molecular formula is C14H26N4O3. The first-order chi connectivity index (χ1) is 9.74. The zero-order chi connectivity index (χ0) is 16.0. The number of primary amides is 1. The van der Waals surface area contributed by atoms with Crippen molar-refractivity contribution in [2.24, 2.45) is 11.7 Å². The summed E-state index contributed by atoms with van der Waals surface area (Å²) < 4.78 is 0. The molecule has 21 heavy (non-hydrogen) atoms. The lowest BCUT2D eigenvalue weighted by atomic mass is 9.97. The molecule has 1 heterocycles. The highest BCUT2D eigenvalue weighted by Gasteiger charge is 2.37. The second-order valence-corrected chi connectivity index (χ2v) is 6.20. The summed E-state index contributed by atoms with van der Waals surface area (Å²) in [6.07, 6.45) is 2.19. The van der Waals surface area contributed by atoms with Crippen molar-refractivity contribution in [1.82, 2.24) is 16.0 Å². The van der Waals surface area contributed by atoms with Crippen LogP contribution in [0.5, 0.6) is 0 Å². The van der Waals surface area contributed by atoms with Crippen LogP contribution < -0.4 is 21.7 Å². The van der Waals surface area contributed by atoms with Gasteiger partial charge in [0.1, 0.15) is 6.04 Å².